The number of aromatic nitrogens is 1. The Morgan fingerprint density at radius 1 is 1.15 bits per heavy atom. The van der Waals surface area contributed by atoms with E-state index in [9.17, 15) is 4.79 Å². The molecule has 1 heterocycles. The highest BCUT2D eigenvalue weighted by molar-refractivity contribution is 6.09. The van der Waals surface area contributed by atoms with Crippen LogP contribution in [0.2, 0.25) is 0 Å². The number of pyridine rings is 1. The van der Waals surface area contributed by atoms with Gasteiger partial charge in [0.15, 0.2) is 0 Å². The zero-order valence-corrected chi connectivity index (χ0v) is 11.9. The van der Waals surface area contributed by atoms with Crippen LogP contribution < -0.4 is 15.5 Å². The zero-order valence-electron chi connectivity index (χ0n) is 11.9. The van der Waals surface area contributed by atoms with Gasteiger partial charge in [0.1, 0.15) is 5.82 Å². The number of nitrogens with two attached hydrogens (primary N) is 1. The van der Waals surface area contributed by atoms with Gasteiger partial charge >= 0.3 is 0 Å². The van der Waals surface area contributed by atoms with Gasteiger partial charge in [0, 0.05) is 38.7 Å². The number of anilines is 3. The van der Waals surface area contributed by atoms with Crippen LogP contribution in [0.15, 0.2) is 42.6 Å². The third-order valence-electron chi connectivity index (χ3n) is 3.03. The molecule has 0 aliphatic carbocycles. The summed E-state index contributed by atoms with van der Waals surface area (Å²) in [6, 6.07) is 10.8. The molecule has 0 saturated carbocycles. The molecular weight excluding hydrogens is 252 g/mol. The maximum atomic E-state index is 12.6. The van der Waals surface area contributed by atoms with E-state index in [2.05, 4.69) is 4.98 Å². The molecule has 1 aromatic heterocycles. The lowest BCUT2D eigenvalue weighted by molar-refractivity contribution is 0.0993. The van der Waals surface area contributed by atoms with Crippen LogP contribution in [0.4, 0.5) is 17.2 Å². The normalized spacial score (nSPS) is 10.2. The monoisotopic (exact) mass is 270 g/mol. The molecule has 0 radical (unpaired) electrons. The van der Waals surface area contributed by atoms with E-state index in [1.54, 1.807) is 31.4 Å². The van der Waals surface area contributed by atoms with Crippen molar-refractivity contribution in [3.63, 3.8) is 0 Å². The number of nitrogens with zero attached hydrogens (tertiary/aromatic N) is 3. The number of hydrogen-bond acceptors (Lipinski definition) is 4. The van der Waals surface area contributed by atoms with Gasteiger partial charge < -0.3 is 10.6 Å². The van der Waals surface area contributed by atoms with Gasteiger partial charge in [-0.15, -0.1) is 0 Å². The molecule has 20 heavy (non-hydrogen) atoms. The average molecular weight is 270 g/mol. The second-order valence-electron chi connectivity index (χ2n) is 4.72. The van der Waals surface area contributed by atoms with Crippen LogP contribution in [-0.2, 0) is 0 Å². The fourth-order valence-corrected chi connectivity index (χ4v) is 1.95. The van der Waals surface area contributed by atoms with Gasteiger partial charge in [0.25, 0.3) is 5.91 Å². The molecule has 2 aromatic rings. The highest BCUT2D eigenvalue weighted by Crippen LogP contribution is 2.24. The molecule has 104 valence electrons. The summed E-state index contributed by atoms with van der Waals surface area (Å²) in [6.45, 7) is 0. The first-order valence-corrected chi connectivity index (χ1v) is 6.26. The number of rotatable bonds is 3. The first-order chi connectivity index (χ1) is 9.50. The highest BCUT2D eigenvalue weighted by atomic mass is 16.2. The Morgan fingerprint density at radius 3 is 2.50 bits per heavy atom. The van der Waals surface area contributed by atoms with Crippen molar-refractivity contribution in [1.29, 1.82) is 0 Å². The van der Waals surface area contributed by atoms with Crippen LogP contribution in [0.3, 0.4) is 0 Å². The van der Waals surface area contributed by atoms with Crippen LogP contribution >= 0.6 is 0 Å². The molecule has 1 aromatic carbocycles. The van der Waals surface area contributed by atoms with Gasteiger partial charge in [0.2, 0.25) is 0 Å². The van der Waals surface area contributed by atoms with Gasteiger partial charge in [-0.25, -0.2) is 4.98 Å². The van der Waals surface area contributed by atoms with Gasteiger partial charge in [-0.1, -0.05) is 6.07 Å². The van der Waals surface area contributed by atoms with Gasteiger partial charge in [-0.3, -0.25) is 9.69 Å². The minimum Gasteiger partial charge on any atom is -0.399 e. The molecule has 0 aliphatic rings. The molecule has 0 atom stereocenters. The number of nitrogen functional groups attached to an aromatic ring is 1. The predicted octanol–water partition coefficient (Wildman–Crippen LogP) is 2.01. The minimum atomic E-state index is -0.139. The van der Waals surface area contributed by atoms with Crippen molar-refractivity contribution >= 4 is 23.1 Å². The Hall–Kier alpha value is -2.56. The molecule has 0 fully saturated rings. The predicted molar refractivity (Wildman–Crippen MR) is 82.2 cm³/mol. The molecular formula is C15H18N4O. The Morgan fingerprint density at radius 2 is 1.90 bits per heavy atom. The maximum absolute atomic E-state index is 12.6. The average Bonchev–Trinajstić information content (AvgIpc) is 2.46. The molecule has 2 N–H and O–H groups in total. The smallest absolute Gasteiger partial charge is 0.261 e. The first-order valence-electron chi connectivity index (χ1n) is 6.26. The van der Waals surface area contributed by atoms with E-state index in [0.29, 0.717) is 17.1 Å². The van der Waals surface area contributed by atoms with E-state index in [0.717, 1.165) is 5.69 Å². The van der Waals surface area contributed by atoms with Crippen molar-refractivity contribution in [3.05, 3.63) is 48.2 Å². The number of amides is 1. The third-order valence-corrected chi connectivity index (χ3v) is 3.03. The van der Waals surface area contributed by atoms with Gasteiger partial charge in [-0.05, 0) is 30.3 Å². The number of carbonyl (C=O) groups excluding carboxylic acids is 1. The molecule has 2 rings (SSSR count). The summed E-state index contributed by atoms with van der Waals surface area (Å²) >= 11 is 0. The highest BCUT2D eigenvalue weighted by Gasteiger charge is 2.19. The first kappa shape index (κ1) is 13.9. The lowest BCUT2D eigenvalue weighted by atomic mass is 10.1. The molecule has 0 saturated heterocycles. The summed E-state index contributed by atoms with van der Waals surface area (Å²) < 4.78 is 0. The van der Waals surface area contributed by atoms with Crippen molar-refractivity contribution in [1.82, 2.24) is 4.98 Å². The zero-order chi connectivity index (χ0) is 14.7. The summed E-state index contributed by atoms with van der Waals surface area (Å²) in [7, 11) is 5.49. The van der Waals surface area contributed by atoms with Crippen LogP contribution in [-0.4, -0.2) is 32.0 Å². The van der Waals surface area contributed by atoms with E-state index in [1.165, 1.54) is 4.90 Å². The largest absolute Gasteiger partial charge is 0.399 e. The van der Waals surface area contributed by atoms with Gasteiger partial charge in [-0.2, -0.15) is 0 Å². The van der Waals surface area contributed by atoms with Crippen molar-refractivity contribution < 1.29 is 4.79 Å². The van der Waals surface area contributed by atoms with Crippen LogP contribution in [0.1, 0.15) is 10.4 Å². The van der Waals surface area contributed by atoms with E-state index in [1.807, 2.05) is 37.2 Å². The van der Waals surface area contributed by atoms with Crippen molar-refractivity contribution in [3.8, 4) is 0 Å². The fraction of sp³-hybridized carbons (Fsp3) is 0.200. The maximum Gasteiger partial charge on any atom is 0.261 e. The summed E-state index contributed by atoms with van der Waals surface area (Å²) in [4.78, 5) is 20.2. The molecule has 0 spiro atoms. The molecule has 0 bridgehead atoms. The molecule has 5 heteroatoms. The number of carbonyl (C=O) groups is 1. The van der Waals surface area contributed by atoms with Crippen molar-refractivity contribution in [2.45, 2.75) is 0 Å². The topological polar surface area (TPSA) is 62.5 Å². The van der Waals surface area contributed by atoms with Crippen LogP contribution in [0, 0.1) is 0 Å². The molecule has 0 aliphatic heterocycles. The number of benzene rings is 1. The van der Waals surface area contributed by atoms with E-state index in [-0.39, 0.29) is 5.91 Å². The summed E-state index contributed by atoms with van der Waals surface area (Å²) in [5.74, 6) is 0.462. The van der Waals surface area contributed by atoms with Crippen molar-refractivity contribution in [2.75, 3.05) is 36.7 Å². The number of hydrogen-bond donors (Lipinski definition) is 1. The Labute approximate surface area is 118 Å². The second kappa shape index (κ2) is 5.61. The Bertz CT molecular complexity index is 611. The molecule has 1 amide bonds. The lowest BCUT2D eigenvalue weighted by Gasteiger charge is -2.21. The van der Waals surface area contributed by atoms with Crippen molar-refractivity contribution in [2.24, 2.45) is 0 Å². The summed E-state index contributed by atoms with van der Waals surface area (Å²) in [5, 5.41) is 0. The minimum absolute atomic E-state index is 0.139. The van der Waals surface area contributed by atoms with Gasteiger partial charge in [0.05, 0.1) is 5.56 Å². The Balaban J connectivity index is 2.41. The van der Waals surface area contributed by atoms with Crippen LogP contribution in [0.5, 0.6) is 0 Å². The summed E-state index contributed by atoms with van der Waals surface area (Å²) in [6.07, 6.45) is 1.66. The summed E-state index contributed by atoms with van der Waals surface area (Å²) in [5.41, 5.74) is 7.75. The van der Waals surface area contributed by atoms with Crippen LogP contribution in [0.25, 0.3) is 0 Å². The molecule has 5 nitrogen and oxygen atoms in total. The van der Waals surface area contributed by atoms with E-state index >= 15 is 0 Å². The lowest BCUT2D eigenvalue weighted by Crippen LogP contribution is -2.29. The fourth-order valence-electron chi connectivity index (χ4n) is 1.95. The van der Waals surface area contributed by atoms with E-state index in [4.69, 9.17) is 5.73 Å². The quantitative estimate of drug-likeness (QED) is 0.867. The van der Waals surface area contributed by atoms with E-state index < -0.39 is 0 Å². The SMILES string of the molecule is CN(C)c1ccc(N)cc1C(=O)N(C)c1ccccn1. The molecule has 0 unspecified atom stereocenters. The Kier molecular flexibility index (Phi) is 3.89. The standard InChI is InChI=1S/C15H18N4O/c1-18(2)13-8-7-11(16)10-12(13)15(20)19(3)14-6-4-5-9-17-14/h4-10H,16H2,1-3H3. The second-order valence-corrected chi connectivity index (χ2v) is 4.72. The third kappa shape index (κ3) is 2.71.